The predicted molar refractivity (Wildman–Crippen MR) is 227 cm³/mol. The number of benzene rings is 2. The number of hydrogen-bond donors (Lipinski definition) is 3. The second-order valence-corrected chi connectivity index (χ2v) is 17.8. The average Bonchev–Trinajstić information content (AvgIpc) is 3.22. The highest BCUT2D eigenvalue weighted by atomic mass is 19.4. The number of likely N-dealkylation sites (N-methyl/N-ethyl adjacent to an activating group) is 1. The first-order valence-corrected chi connectivity index (χ1v) is 21.4. The van der Waals surface area contributed by atoms with Gasteiger partial charge in [0.1, 0.15) is 29.7 Å². The van der Waals surface area contributed by atoms with Gasteiger partial charge in [0.25, 0.3) is 0 Å². The fourth-order valence-corrected chi connectivity index (χ4v) is 8.87. The maximum absolute atomic E-state index is 14.3. The number of methoxy groups -OCH3 is 1. The van der Waals surface area contributed by atoms with Gasteiger partial charge in [-0.1, -0.05) is 52.0 Å². The number of hydrogen-bond acceptors (Lipinski definition) is 13. The molecular weight excluding hydrogens is 831 g/mol. The Morgan fingerprint density at radius 3 is 2.17 bits per heavy atom. The first kappa shape index (κ1) is 51.8. The van der Waals surface area contributed by atoms with Gasteiger partial charge in [0.05, 0.1) is 48.0 Å². The number of cyclic esters (lactones) is 1. The molecule has 2 fully saturated rings. The van der Waals surface area contributed by atoms with E-state index in [0.717, 1.165) is 12.1 Å². The minimum atomic E-state index is -4.59. The Balaban J connectivity index is 1.89. The van der Waals surface area contributed by atoms with Gasteiger partial charge in [-0.25, -0.2) is 4.39 Å². The van der Waals surface area contributed by atoms with Crippen molar-refractivity contribution in [2.75, 3.05) is 21.2 Å². The third kappa shape index (κ3) is 12.7. The number of rotatable bonds is 10. The molecule has 2 heterocycles. The molecule has 3 N–H and O–H groups in total. The minimum Gasteiger partial charge on any atom is -0.461 e. The highest BCUT2D eigenvalue weighted by Gasteiger charge is 2.52. The van der Waals surface area contributed by atoms with Crippen LogP contribution >= 0.6 is 0 Å². The SMILES string of the molecule is CCC1OC(=O)C(C)C(OC(=O)Cc2ccc(C(F)(F)F)cc2)C(C)C(OC2OC(C)CC(N(C)C)C2O)C(C)(OC)CC(C)C(=NN=Cc2ccc(F)cc2)C(C)C(O)C1(C)O. The van der Waals surface area contributed by atoms with Crippen molar-refractivity contribution >= 4 is 23.9 Å². The van der Waals surface area contributed by atoms with Crippen molar-refractivity contribution in [3.05, 3.63) is 71.0 Å². The molecule has 352 valence electrons. The van der Waals surface area contributed by atoms with E-state index in [1.54, 1.807) is 27.7 Å². The number of ether oxygens (including phenoxy) is 5. The highest BCUT2D eigenvalue weighted by molar-refractivity contribution is 5.90. The quantitative estimate of drug-likeness (QED) is 0.105. The molecule has 0 amide bonds. The van der Waals surface area contributed by atoms with Gasteiger partial charge < -0.3 is 43.9 Å². The van der Waals surface area contributed by atoms with Gasteiger partial charge in [0, 0.05) is 30.7 Å². The lowest BCUT2D eigenvalue weighted by Gasteiger charge is -2.48. The first-order chi connectivity index (χ1) is 29.3. The Labute approximate surface area is 367 Å². The van der Waals surface area contributed by atoms with E-state index in [1.165, 1.54) is 63.6 Å². The zero-order chi connectivity index (χ0) is 47.2. The largest absolute Gasteiger partial charge is 0.461 e. The summed E-state index contributed by atoms with van der Waals surface area (Å²) in [5.74, 6) is -5.92. The summed E-state index contributed by atoms with van der Waals surface area (Å²) in [6, 6.07) is 9.24. The number of carbonyl (C=O) groups excluding carboxylic acids is 2. The van der Waals surface area contributed by atoms with Crippen LogP contribution in [0.25, 0.3) is 0 Å². The number of alkyl halides is 3. The zero-order valence-electron chi connectivity index (χ0n) is 38.0. The van der Waals surface area contributed by atoms with Gasteiger partial charge in [-0.15, -0.1) is 0 Å². The van der Waals surface area contributed by atoms with Crippen LogP contribution in [0.5, 0.6) is 0 Å². The van der Waals surface area contributed by atoms with Crippen LogP contribution in [0.15, 0.2) is 58.7 Å². The maximum atomic E-state index is 14.3. The lowest BCUT2D eigenvalue weighted by atomic mass is 9.73. The van der Waals surface area contributed by atoms with Crippen molar-refractivity contribution in [3.8, 4) is 0 Å². The van der Waals surface area contributed by atoms with E-state index in [1.807, 2.05) is 32.8 Å². The zero-order valence-corrected chi connectivity index (χ0v) is 38.0. The van der Waals surface area contributed by atoms with Gasteiger partial charge in [-0.3, -0.25) is 9.59 Å². The van der Waals surface area contributed by atoms with E-state index < -0.39 is 108 Å². The Morgan fingerprint density at radius 1 is 1.00 bits per heavy atom. The van der Waals surface area contributed by atoms with Crippen molar-refractivity contribution < 1.29 is 66.2 Å². The first-order valence-electron chi connectivity index (χ1n) is 21.4. The van der Waals surface area contributed by atoms with E-state index in [0.29, 0.717) is 17.7 Å². The fraction of sp³-hybridized carbons (Fsp3) is 0.652. The summed E-state index contributed by atoms with van der Waals surface area (Å²) in [4.78, 5) is 30.0. The fourth-order valence-electron chi connectivity index (χ4n) is 8.87. The molecule has 0 aromatic heterocycles. The van der Waals surface area contributed by atoms with Gasteiger partial charge >= 0.3 is 18.1 Å². The molecule has 2 saturated heterocycles. The molecule has 2 aromatic rings. The highest BCUT2D eigenvalue weighted by Crippen LogP contribution is 2.40. The normalized spacial score (nSPS) is 36.0. The van der Waals surface area contributed by atoms with Crippen LogP contribution in [-0.4, -0.2) is 125 Å². The summed E-state index contributed by atoms with van der Waals surface area (Å²) in [5, 5.41) is 44.5. The summed E-state index contributed by atoms with van der Waals surface area (Å²) in [5.41, 5.74) is -3.25. The Hall–Kier alpha value is -3.84. The molecule has 2 aliphatic heterocycles. The lowest BCUT2D eigenvalue weighted by molar-refractivity contribution is -0.301. The van der Waals surface area contributed by atoms with Crippen LogP contribution in [0.1, 0.15) is 91.3 Å². The standard InChI is InChI=1S/C46H65F4N3O10/c1-12-35-45(8,58)40(56)27(4)37(52-51-24-31-15-19-33(47)20-16-31)25(2)23-44(7,59-11)41(63-43-38(55)34(53(9)10)21-26(3)60-43)28(5)39(29(6)42(57)61-35)62-36(54)22-30-13-17-32(18-14-30)46(48,49)50/h13-20,24-29,34-35,38-41,43,55-56,58H,12,21-23H2,1-11H3. The molecule has 2 aromatic carbocycles. The third-order valence-corrected chi connectivity index (χ3v) is 12.7. The van der Waals surface area contributed by atoms with Gasteiger partial charge in [-0.2, -0.15) is 23.4 Å². The van der Waals surface area contributed by atoms with Crippen molar-refractivity contribution in [2.24, 2.45) is 33.9 Å². The molecule has 14 unspecified atom stereocenters. The Bertz CT molecular complexity index is 1880. The van der Waals surface area contributed by atoms with Crippen molar-refractivity contribution in [3.63, 3.8) is 0 Å². The Morgan fingerprint density at radius 2 is 1.62 bits per heavy atom. The van der Waals surface area contributed by atoms with E-state index in [4.69, 9.17) is 23.7 Å². The molecule has 0 spiro atoms. The summed E-state index contributed by atoms with van der Waals surface area (Å²) in [6.45, 7) is 13.2. The second-order valence-electron chi connectivity index (χ2n) is 17.8. The van der Waals surface area contributed by atoms with E-state index in [9.17, 15) is 42.5 Å². The van der Waals surface area contributed by atoms with Crippen LogP contribution in [0.2, 0.25) is 0 Å². The molecule has 4 rings (SSSR count). The van der Waals surface area contributed by atoms with Gasteiger partial charge in [0.15, 0.2) is 6.29 Å². The smallest absolute Gasteiger partial charge is 0.416 e. The summed E-state index contributed by atoms with van der Waals surface area (Å²) < 4.78 is 85.2. The van der Waals surface area contributed by atoms with E-state index in [-0.39, 0.29) is 30.6 Å². The molecular formula is C46H65F4N3O10. The number of aliphatic hydroxyl groups is 3. The molecule has 14 atom stereocenters. The van der Waals surface area contributed by atoms with E-state index >= 15 is 0 Å². The average molecular weight is 896 g/mol. The number of esters is 2. The van der Waals surface area contributed by atoms with Crippen LogP contribution in [-0.2, 0) is 45.9 Å². The van der Waals surface area contributed by atoms with Crippen LogP contribution in [0.4, 0.5) is 17.6 Å². The minimum absolute atomic E-state index is 0.0591. The van der Waals surface area contributed by atoms with Gasteiger partial charge in [-0.05, 0) is 102 Å². The second kappa shape index (κ2) is 21.4. The van der Waals surface area contributed by atoms with Gasteiger partial charge in [0.2, 0.25) is 0 Å². The number of nitrogens with zero attached hydrogens (tertiary/aromatic N) is 3. The number of aliphatic hydroxyl groups excluding tert-OH is 2. The maximum Gasteiger partial charge on any atom is 0.416 e. The van der Waals surface area contributed by atoms with Crippen LogP contribution in [0, 0.1) is 29.5 Å². The number of halogens is 4. The van der Waals surface area contributed by atoms with Crippen molar-refractivity contribution in [2.45, 2.75) is 147 Å². The molecule has 17 heteroatoms. The predicted octanol–water partition coefficient (Wildman–Crippen LogP) is 6.37. The number of carbonyl (C=O) groups is 2. The molecule has 0 saturated carbocycles. The van der Waals surface area contributed by atoms with E-state index in [2.05, 4.69) is 10.2 Å². The van der Waals surface area contributed by atoms with Crippen LogP contribution < -0.4 is 0 Å². The Kier molecular flexibility index (Phi) is 17.6. The van der Waals surface area contributed by atoms with Crippen molar-refractivity contribution in [1.82, 2.24) is 4.90 Å². The topological polar surface area (TPSA) is 169 Å². The summed E-state index contributed by atoms with van der Waals surface area (Å²) >= 11 is 0. The van der Waals surface area contributed by atoms with Crippen molar-refractivity contribution in [1.29, 1.82) is 0 Å². The molecule has 0 bridgehead atoms. The third-order valence-electron chi connectivity index (χ3n) is 12.7. The molecule has 13 nitrogen and oxygen atoms in total. The molecule has 0 aliphatic carbocycles. The lowest BCUT2D eigenvalue weighted by Crippen LogP contribution is -2.60. The molecule has 2 aliphatic rings. The molecule has 0 radical (unpaired) electrons. The summed E-state index contributed by atoms with van der Waals surface area (Å²) in [7, 11) is 5.09. The summed E-state index contributed by atoms with van der Waals surface area (Å²) in [6.07, 6.45) is -11.1. The molecule has 63 heavy (non-hydrogen) atoms. The van der Waals surface area contributed by atoms with Crippen LogP contribution in [0.3, 0.4) is 0 Å². The monoisotopic (exact) mass is 895 g/mol.